The molecule has 0 aliphatic rings. The number of hydrogen-bond donors (Lipinski definition) is 0. The summed E-state index contributed by atoms with van der Waals surface area (Å²) in [7, 11) is 0. The third kappa shape index (κ3) is 61.1. The Balaban J connectivity index is 4.31. The van der Waals surface area contributed by atoms with Gasteiger partial charge in [0.2, 0.25) is 0 Å². The first-order valence-corrected chi connectivity index (χ1v) is 31.7. The molecule has 0 aromatic heterocycles. The van der Waals surface area contributed by atoms with Gasteiger partial charge in [-0.1, -0.05) is 304 Å². The molecule has 0 aromatic rings. The fraction of sp³-hybridized carbons (Fsp3) is 0.725. The van der Waals surface area contributed by atoms with Gasteiger partial charge in [0.05, 0.1) is 6.42 Å². The van der Waals surface area contributed by atoms with E-state index in [1.54, 1.807) is 6.08 Å². The van der Waals surface area contributed by atoms with Crippen molar-refractivity contribution in [3.8, 4) is 0 Å². The van der Waals surface area contributed by atoms with Gasteiger partial charge in [-0.15, -0.1) is 0 Å². The molecular weight excluding hydrogens is 925 g/mol. The number of carbonyl (C=O) groups is 3. The van der Waals surface area contributed by atoms with Crippen LogP contribution in [0, 0.1) is 0 Å². The molecule has 0 fully saturated rings. The normalized spacial score (nSPS) is 12.7. The third-order valence-corrected chi connectivity index (χ3v) is 13.6. The Morgan fingerprint density at radius 3 is 0.880 bits per heavy atom. The second-order valence-corrected chi connectivity index (χ2v) is 20.9. The van der Waals surface area contributed by atoms with Crippen LogP contribution in [0.25, 0.3) is 0 Å². The lowest BCUT2D eigenvalue weighted by Gasteiger charge is -2.18. The smallest absolute Gasteiger partial charge is 0.310 e. The fourth-order valence-corrected chi connectivity index (χ4v) is 8.95. The van der Waals surface area contributed by atoms with Gasteiger partial charge in [-0.3, -0.25) is 14.4 Å². The Morgan fingerprint density at radius 1 is 0.293 bits per heavy atom. The van der Waals surface area contributed by atoms with E-state index < -0.39 is 12.1 Å². The van der Waals surface area contributed by atoms with E-state index in [1.807, 2.05) is 6.08 Å². The first-order valence-electron chi connectivity index (χ1n) is 31.7. The molecule has 0 rings (SSSR count). The molecule has 0 aliphatic carbocycles. The Hall–Kier alpha value is -3.67. The molecule has 0 spiro atoms. The summed E-state index contributed by atoms with van der Waals surface area (Å²) >= 11 is 0. The van der Waals surface area contributed by atoms with E-state index in [-0.39, 0.29) is 31.6 Å². The largest absolute Gasteiger partial charge is 0.462 e. The van der Waals surface area contributed by atoms with Crippen molar-refractivity contribution in [3.05, 3.63) is 97.2 Å². The number of ether oxygens (including phenoxy) is 3. The van der Waals surface area contributed by atoms with Crippen LogP contribution < -0.4 is 0 Å². The van der Waals surface area contributed by atoms with Crippen molar-refractivity contribution in [2.75, 3.05) is 13.2 Å². The number of unbranched alkanes of at least 4 members (excludes halogenated alkanes) is 31. The van der Waals surface area contributed by atoms with E-state index in [4.69, 9.17) is 14.2 Å². The summed E-state index contributed by atoms with van der Waals surface area (Å²) in [4.78, 5) is 38.2. The Kier molecular flexibility index (Phi) is 59.8. The Labute approximate surface area is 464 Å². The van der Waals surface area contributed by atoms with E-state index >= 15 is 0 Å². The number of hydrogen-bond acceptors (Lipinski definition) is 6. The number of esters is 3. The summed E-state index contributed by atoms with van der Waals surface area (Å²) in [5.41, 5.74) is 0. The van der Waals surface area contributed by atoms with E-state index in [2.05, 4.69) is 106 Å². The quantitative estimate of drug-likeness (QED) is 0.0261. The molecule has 0 amide bonds. The monoisotopic (exact) mass is 1040 g/mol. The van der Waals surface area contributed by atoms with Crippen LogP contribution in [-0.2, 0) is 28.6 Å². The number of rotatable bonds is 57. The lowest BCUT2D eigenvalue weighted by molar-refractivity contribution is -0.166. The molecule has 1 atom stereocenters. The summed E-state index contributed by atoms with van der Waals surface area (Å²) in [6, 6.07) is 0. The fourth-order valence-electron chi connectivity index (χ4n) is 8.95. The summed E-state index contributed by atoms with van der Waals surface area (Å²) in [5.74, 6) is -1.06. The molecule has 0 aromatic carbocycles. The van der Waals surface area contributed by atoms with Crippen molar-refractivity contribution in [2.45, 2.75) is 309 Å². The van der Waals surface area contributed by atoms with Gasteiger partial charge in [-0.25, -0.2) is 0 Å². The summed E-state index contributed by atoms with van der Waals surface area (Å²) in [6.45, 7) is 6.34. The zero-order valence-electron chi connectivity index (χ0n) is 49.3. The first-order chi connectivity index (χ1) is 37.0. The van der Waals surface area contributed by atoms with Crippen molar-refractivity contribution in [1.29, 1.82) is 0 Å². The minimum Gasteiger partial charge on any atom is -0.462 e. The van der Waals surface area contributed by atoms with Crippen molar-refractivity contribution in [1.82, 2.24) is 0 Å². The Bertz CT molecular complexity index is 1480. The minimum absolute atomic E-state index is 0.0926. The summed E-state index contributed by atoms with van der Waals surface area (Å²) in [6.07, 6.45) is 84.6. The zero-order valence-corrected chi connectivity index (χ0v) is 49.3. The molecule has 0 saturated carbocycles. The van der Waals surface area contributed by atoms with Gasteiger partial charge >= 0.3 is 17.9 Å². The number of allylic oxidation sites excluding steroid dienone is 15. The van der Waals surface area contributed by atoms with Gasteiger partial charge in [0.25, 0.3) is 0 Å². The maximum atomic E-state index is 12.8. The van der Waals surface area contributed by atoms with Crippen LogP contribution in [0.4, 0.5) is 0 Å². The van der Waals surface area contributed by atoms with Crippen LogP contribution in [0.3, 0.4) is 0 Å². The van der Waals surface area contributed by atoms with Crippen LogP contribution in [0.5, 0.6) is 0 Å². The van der Waals surface area contributed by atoms with Crippen LogP contribution in [0.2, 0.25) is 0 Å². The maximum absolute atomic E-state index is 12.8. The molecule has 0 heterocycles. The standard InChI is InChI=1S/C69H118O6/c1-4-7-10-13-16-19-22-25-28-29-30-31-32-33-34-35-36-37-38-39-42-44-47-50-53-56-59-62-68(71)74-65-66(75-69(72)63-60-57-54-51-48-45-41-27-24-21-18-15-12-9-6-3)64-73-67(70)61-58-55-52-49-46-43-40-26-23-20-17-14-11-8-5-2/h8-9,11-12,17-18,20-21,26-27,40-41,48,51,57,60,66H,4-7,10,13-16,19,22-25,28-39,42-47,49-50,52-56,58-59,61-65H2,1-3H3/b11-8-,12-9-,20-17-,21-18-,40-26-,41-27-,51-48-,60-57-. The average molecular weight is 1040 g/mol. The van der Waals surface area contributed by atoms with Crippen molar-refractivity contribution >= 4 is 17.9 Å². The molecule has 6 nitrogen and oxygen atoms in total. The van der Waals surface area contributed by atoms with Gasteiger partial charge in [0.15, 0.2) is 6.10 Å². The highest BCUT2D eigenvalue weighted by molar-refractivity contribution is 5.72. The van der Waals surface area contributed by atoms with Crippen LogP contribution in [-0.4, -0.2) is 37.2 Å². The molecule has 75 heavy (non-hydrogen) atoms. The molecule has 0 N–H and O–H groups in total. The summed E-state index contributed by atoms with van der Waals surface area (Å²) in [5, 5.41) is 0. The zero-order chi connectivity index (χ0) is 54.3. The lowest BCUT2D eigenvalue weighted by Crippen LogP contribution is -2.30. The maximum Gasteiger partial charge on any atom is 0.310 e. The lowest BCUT2D eigenvalue weighted by atomic mass is 10.0. The van der Waals surface area contributed by atoms with Gasteiger partial charge in [-0.05, 0) is 77.0 Å². The molecule has 6 heteroatoms. The second kappa shape index (κ2) is 62.9. The predicted molar refractivity (Wildman–Crippen MR) is 325 cm³/mol. The third-order valence-electron chi connectivity index (χ3n) is 13.6. The predicted octanol–water partition coefficient (Wildman–Crippen LogP) is 21.7. The van der Waals surface area contributed by atoms with Crippen LogP contribution in [0.15, 0.2) is 97.2 Å². The minimum atomic E-state index is -0.839. The molecule has 1 unspecified atom stereocenters. The molecule has 430 valence electrons. The van der Waals surface area contributed by atoms with Crippen molar-refractivity contribution in [2.24, 2.45) is 0 Å². The van der Waals surface area contributed by atoms with Crippen molar-refractivity contribution in [3.63, 3.8) is 0 Å². The highest BCUT2D eigenvalue weighted by Crippen LogP contribution is 2.17. The van der Waals surface area contributed by atoms with Crippen LogP contribution in [0.1, 0.15) is 303 Å². The molecular formula is C69H118O6. The molecule has 0 saturated heterocycles. The Morgan fingerprint density at radius 2 is 0.560 bits per heavy atom. The van der Waals surface area contributed by atoms with Gasteiger partial charge in [0.1, 0.15) is 13.2 Å². The first kappa shape index (κ1) is 71.3. The molecule has 0 aliphatic heterocycles. The van der Waals surface area contributed by atoms with Crippen LogP contribution >= 0.6 is 0 Å². The molecule has 0 bridgehead atoms. The SMILES string of the molecule is CC/C=C\C/C=C\C/C=C\C/C=C\C/C=C\CC(=O)OC(COC(=O)CCCCCCC/C=C\C/C=C\C/C=C\CC)COC(=O)CCCCCCCCCCCCCCCCCCCCCCCCCCCCC. The van der Waals surface area contributed by atoms with Gasteiger partial charge in [0, 0.05) is 12.8 Å². The van der Waals surface area contributed by atoms with E-state index in [1.165, 1.54) is 154 Å². The van der Waals surface area contributed by atoms with E-state index in [0.717, 1.165) is 109 Å². The highest BCUT2D eigenvalue weighted by Gasteiger charge is 2.19. The topological polar surface area (TPSA) is 78.9 Å². The second-order valence-electron chi connectivity index (χ2n) is 20.9. The molecule has 0 radical (unpaired) electrons. The van der Waals surface area contributed by atoms with E-state index in [0.29, 0.717) is 12.8 Å². The summed E-state index contributed by atoms with van der Waals surface area (Å²) < 4.78 is 16.8. The van der Waals surface area contributed by atoms with Gasteiger partial charge < -0.3 is 14.2 Å². The van der Waals surface area contributed by atoms with Gasteiger partial charge in [-0.2, -0.15) is 0 Å². The van der Waals surface area contributed by atoms with Crippen molar-refractivity contribution < 1.29 is 28.6 Å². The van der Waals surface area contributed by atoms with E-state index in [9.17, 15) is 14.4 Å². The average Bonchev–Trinajstić information content (AvgIpc) is 3.41. The number of carbonyl (C=O) groups excluding carboxylic acids is 3. The highest BCUT2D eigenvalue weighted by atomic mass is 16.6.